The molecule has 1 unspecified atom stereocenters. The van der Waals surface area contributed by atoms with E-state index in [2.05, 4.69) is 10.3 Å². The summed E-state index contributed by atoms with van der Waals surface area (Å²) >= 11 is 1.76. The van der Waals surface area contributed by atoms with E-state index in [1.54, 1.807) is 16.7 Å². The predicted molar refractivity (Wildman–Crippen MR) is 94.9 cm³/mol. The predicted octanol–water partition coefficient (Wildman–Crippen LogP) is 0.576. The Labute approximate surface area is 147 Å². The molecule has 7 nitrogen and oxygen atoms in total. The maximum Gasteiger partial charge on any atom is 0.270 e. The van der Waals surface area contributed by atoms with Gasteiger partial charge in [0.05, 0.1) is 0 Å². The quantitative estimate of drug-likeness (QED) is 0.807. The summed E-state index contributed by atoms with van der Waals surface area (Å²) in [6.07, 6.45) is 3.44. The zero-order valence-corrected chi connectivity index (χ0v) is 15.5. The minimum absolute atomic E-state index is 0.134. The van der Waals surface area contributed by atoms with E-state index in [1.165, 1.54) is 16.6 Å². The molecule has 134 valence electrons. The van der Waals surface area contributed by atoms with E-state index in [9.17, 15) is 13.2 Å². The number of piperidine rings is 1. The molecule has 1 aromatic heterocycles. The number of thioether (sulfide) groups is 1. The van der Waals surface area contributed by atoms with Crippen LogP contribution in [0.25, 0.3) is 0 Å². The molecule has 3 rings (SSSR count). The van der Waals surface area contributed by atoms with E-state index in [0.29, 0.717) is 37.9 Å². The number of nitrogens with one attached hydrogen (secondary N) is 2. The minimum Gasteiger partial charge on any atom is -0.356 e. The van der Waals surface area contributed by atoms with Crippen LogP contribution >= 0.6 is 11.8 Å². The summed E-state index contributed by atoms with van der Waals surface area (Å²) in [5, 5.41) is 3.20. The Bertz CT molecular complexity index is 683. The van der Waals surface area contributed by atoms with Crippen LogP contribution in [0.4, 0.5) is 0 Å². The molecule has 2 aliphatic heterocycles. The number of aromatic nitrogens is 1. The zero-order chi connectivity index (χ0) is 17.2. The lowest BCUT2D eigenvalue weighted by Crippen LogP contribution is -2.47. The number of hydrogen-bond donors (Lipinski definition) is 2. The van der Waals surface area contributed by atoms with Crippen molar-refractivity contribution >= 4 is 27.7 Å². The molecule has 3 heterocycles. The highest BCUT2D eigenvalue weighted by Crippen LogP contribution is 2.22. The highest BCUT2D eigenvalue weighted by atomic mass is 32.2. The second kappa shape index (κ2) is 7.47. The maximum atomic E-state index is 12.7. The highest BCUT2D eigenvalue weighted by molar-refractivity contribution is 7.99. The Hall–Kier alpha value is -1.03. The molecule has 24 heavy (non-hydrogen) atoms. The number of carbonyl (C=O) groups is 1. The molecule has 1 atom stereocenters. The molecule has 0 saturated carbocycles. The average Bonchev–Trinajstić information content (AvgIpc) is 3.13. The largest absolute Gasteiger partial charge is 0.356 e. The first-order valence-electron chi connectivity index (χ1n) is 8.25. The van der Waals surface area contributed by atoms with Crippen molar-refractivity contribution in [2.75, 3.05) is 44.7 Å². The van der Waals surface area contributed by atoms with E-state index in [-0.39, 0.29) is 10.8 Å². The molecular weight excluding hydrogens is 348 g/mol. The van der Waals surface area contributed by atoms with Gasteiger partial charge >= 0.3 is 0 Å². The molecule has 0 aliphatic carbocycles. The first-order valence-corrected chi connectivity index (χ1v) is 10.8. The van der Waals surface area contributed by atoms with E-state index >= 15 is 0 Å². The molecule has 2 N–H and O–H groups in total. The van der Waals surface area contributed by atoms with Crippen LogP contribution < -0.4 is 5.32 Å². The van der Waals surface area contributed by atoms with Crippen molar-refractivity contribution in [2.45, 2.75) is 23.8 Å². The number of carbonyl (C=O) groups excluding carboxylic acids is 1. The van der Waals surface area contributed by atoms with Crippen molar-refractivity contribution in [3.8, 4) is 0 Å². The van der Waals surface area contributed by atoms with Gasteiger partial charge in [-0.05, 0) is 26.0 Å². The molecular formula is C15H24N4O3S2. The fourth-order valence-corrected chi connectivity index (χ4v) is 5.72. The number of nitrogens with zero attached hydrogens (tertiary/aromatic N) is 2. The van der Waals surface area contributed by atoms with E-state index < -0.39 is 10.0 Å². The van der Waals surface area contributed by atoms with Gasteiger partial charge in [-0.15, -0.1) is 0 Å². The molecule has 1 amide bonds. The summed E-state index contributed by atoms with van der Waals surface area (Å²) in [5.41, 5.74) is 0.344. The molecule has 2 saturated heterocycles. The van der Waals surface area contributed by atoms with Crippen LogP contribution in [0.15, 0.2) is 17.2 Å². The lowest BCUT2D eigenvalue weighted by atomic mass is 10.1. The van der Waals surface area contributed by atoms with Gasteiger partial charge in [-0.25, -0.2) is 8.42 Å². The molecule has 1 aromatic rings. The fraction of sp³-hybridized carbons (Fsp3) is 0.667. The molecule has 0 radical (unpaired) electrons. The monoisotopic (exact) mass is 372 g/mol. The van der Waals surface area contributed by atoms with Crippen LogP contribution in [-0.4, -0.2) is 79.3 Å². The fourth-order valence-electron chi connectivity index (χ4n) is 3.15. The lowest BCUT2D eigenvalue weighted by Gasteiger charge is -2.32. The van der Waals surface area contributed by atoms with Crippen LogP contribution in [0.5, 0.6) is 0 Å². The number of hydrogen-bond acceptors (Lipinski definition) is 5. The second-order valence-corrected chi connectivity index (χ2v) is 9.31. The number of likely N-dealkylation sites (tertiary alicyclic amines) is 1. The van der Waals surface area contributed by atoms with Gasteiger partial charge in [-0.2, -0.15) is 16.1 Å². The molecule has 2 fully saturated rings. The van der Waals surface area contributed by atoms with E-state index in [4.69, 9.17) is 0 Å². The summed E-state index contributed by atoms with van der Waals surface area (Å²) < 4.78 is 26.8. The minimum atomic E-state index is -3.52. The van der Waals surface area contributed by atoms with Crippen molar-refractivity contribution in [1.29, 1.82) is 0 Å². The van der Waals surface area contributed by atoms with Crippen LogP contribution in [-0.2, 0) is 10.0 Å². The molecule has 0 bridgehead atoms. The van der Waals surface area contributed by atoms with Gasteiger partial charge < -0.3 is 15.2 Å². The van der Waals surface area contributed by atoms with Crippen LogP contribution in [0.1, 0.15) is 23.3 Å². The zero-order valence-electron chi connectivity index (χ0n) is 13.8. The number of likely N-dealkylation sites (N-methyl/N-ethyl adjacent to an activating group) is 1. The van der Waals surface area contributed by atoms with Gasteiger partial charge in [0.25, 0.3) is 5.91 Å². The van der Waals surface area contributed by atoms with Gasteiger partial charge in [0, 0.05) is 49.9 Å². The Kier molecular flexibility index (Phi) is 5.53. The van der Waals surface area contributed by atoms with E-state index in [1.807, 2.05) is 7.05 Å². The maximum absolute atomic E-state index is 12.7. The Balaban J connectivity index is 1.73. The normalized spacial score (nSPS) is 23.4. The molecule has 0 aromatic carbocycles. The van der Waals surface area contributed by atoms with Crippen molar-refractivity contribution in [3.63, 3.8) is 0 Å². The molecule has 0 spiro atoms. The number of H-pyrrole nitrogens is 1. The summed E-state index contributed by atoms with van der Waals surface area (Å²) in [6, 6.07) is 1.77. The van der Waals surface area contributed by atoms with Gasteiger partial charge in [-0.1, -0.05) is 0 Å². The Morgan fingerprint density at radius 1 is 1.33 bits per heavy atom. The Morgan fingerprint density at radius 2 is 2.08 bits per heavy atom. The number of amides is 1. The summed E-state index contributed by atoms with van der Waals surface area (Å²) in [7, 11) is -1.62. The van der Waals surface area contributed by atoms with Crippen molar-refractivity contribution in [2.24, 2.45) is 0 Å². The van der Waals surface area contributed by atoms with Gasteiger partial charge in [0.2, 0.25) is 10.0 Å². The van der Waals surface area contributed by atoms with Crippen LogP contribution in [0.3, 0.4) is 0 Å². The third-order valence-electron chi connectivity index (χ3n) is 4.61. The lowest BCUT2D eigenvalue weighted by molar-refractivity contribution is 0.0693. The van der Waals surface area contributed by atoms with Gasteiger partial charge in [0.15, 0.2) is 0 Å². The molecule has 9 heteroatoms. The smallest absolute Gasteiger partial charge is 0.270 e. The Morgan fingerprint density at radius 3 is 2.79 bits per heavy atom. The van der Waals surface area contributed by atoms with Crippen molar-refractivity contribution in [3.05, 3.63) is 18.0 Å². The van der Waals surface area contributed by atoms with Gasteiger partial charge in [0.1, 0.15) is 10.6 Å². The first-order chi connectivity index (χ1) is 11.5. The first kappa shape index (κ1) is 17.8. The van der Waals surface area contributed by atoms with Crippen LogP contribution in [0, 0.1) is 0 Å². The summed E-state index contributed by atoms with van der Waals surface area (Å²) in [4.78, 5) is 17.5. The molecule has 2 aliphatic rings. The van der Waals surface area contributed by atoms with Gasteiger partial charge in [-0.3, -0.25) is 4.79 Å². The topological polar surface area (TPSA) is 85.5 Å². The third kappa shape index (κ3) is 3.63. The van der Waals surface area contributed by atoms with Crippen LogP contribution in [0.2, 0.25) is 0 Å². The third-order valence-corrected chi connectivity index (χ3v) is 7.43. The van der Waals surface area contributed by atoms with Crippen molar-refractivity contribution < 1.29 is 13.2 Å². The van der Waals surface area contributed by atoms with E-state index in [0.717, 1.165) is 24.3 Å². The second-order valence-electron chi connectivity index (χ2n) is 6.14. The summed E-state index contributed by atoms with van der Waals surface area (Å²) in [5.74, 6) is 1.49. The summed E-state index contributed by atoms with van der Waals surface area (Å²) in [6.45, 7) is 2.41. The van der Waals surface area contributed by atoms with Crippen molar-refractivity contribution in [1.82, 2.24) is 19.5 Å². The average molecular weight is 373 g/mol. The number of sulfonamides is 1. The SMILES string of the molecule is CNC1CCCN(C(=O)c2cc(S(=O)(=O)N3CCSCC3)c[nH]2)C1. The number of rotatable bonds is 4. The number of aromatic amines is 1. The highest BCUT2D eigenvalue weighted by Gasteiger charge is 2.29. The standard InChI is InChI=1S/C15H24N4O3S2/c1-16-12-3-2-4-18(11-12)15(20)14-9-13(10-17-14)24(21,22)19-5-7-23-8-6-19/h9-10,12,16-17H,2-8,11H2,1H3.